The second-order valence-corrected chi connectivity index (χ2v) is 4.33. The molecule has 0 aliphatic rings. The molecule has 2 aromatic carbocycles. The van der Waals surface area contributed by atoms with E-state index in [4.69, 9.17) is 4.74 Å². The fourth-order valence-electron chi connectivity index (χ4n) is 2.02. The highest BCUT2D eigenvalue weighted by atomic mass is 16.5. The van der Waals surface area contributed by atoms with Gasteiger partial charge >= 0.3 is 0 Å². The molecule has 20 heavy (non-hydrogen) atoms. The van der Waals surface area contributed by atoms with Crippen LogP contribution in [0.15, 0.2) is 72.9 Å². The molecule has 0 saturated carbocycles. The fraction of sp³-hybridized carbons (Fsp3) is 0. The van der Waals surface area contributed by atoms with E-state index in [2.05, 4.69) is 0 Å². The van der Waals surface area contributed by atoms with Gasteiger partial charge in [-0.3, -0.25) is 4.79 Å². The SMILES string of the molecule is O=Cc1cccn1-c1ccc(Oc2ccccc2)cc1. The monoisotopic (exact) mass is 263 g/mol. The molecule has 0 amide bonds. The summed E-state index contributed by atoms with van der Waals surface area (Å²) in [5.41, 5.74) is 1.55. The number of aldehydes is 1. The van der Waals surface area contributed by atoms with Crippen LogP contribution in [0.1, 0.15) is 10.5 Å². The average Bonchev–Trinajstić information content (AvgIpc) is 2.98. The van der Waals surface area contributed by atoms with Gasteiger partial charge in [-0.1, -0.05) is 18.2 Å². The molecule has 0 aliphatic heterocycles. The predicted molar refractivity (Wildman–Crippen MR) is 77.7 cm³/mol. The van der Waals surface area contributed by atoms with Gasteiger partial charge in [-0.2, -0.15) is 0 Å². The van der Waals surface area contributed by atoms with E-state index in [0.29, 0.717) is 5.69 Å². The Bertz CT molecular complexity index is 699. The largest absolute Gasteiger partial charge is 0.457 e. The van der Waals surface area contributed by atoms with Crippen molar-refractivity contribution in [2.75, 3.05) is 0 Å². The van der Waals surface area contributed by atoms with Crippen molar-refractivity contribution < 1.29 is 9.53 Å². The topological polar surface area (TPSA) is 31.2 Å². The molecule has 1 heterocycles. The normalized spacial score (nSPS) is 10.2. The molecule has 3 aromatic rings. The summed E-state index contributed by atoms with van der Waals surface area (Å²) in [6.07, 6.45) is 2.70. The highest BCUT2D eigenvalue weighted by molar-refractivity contribution is 5.73. The Morgan fingerprint density at radius 2 is 1.50 bits per heavy atom. The van der Waals surface area contributed by atoms with Gasteiger partial charge in [0.2, 0.25) is 0 Å². The maximum atomic E-state index is 10.9. The summed E-state index contributed by atoms with van der Waals surface area (Å²) in [5.74, 6) is 1.56. The van der Waals surface area contributed by atoms with Crippen LogP contribution in [-0.2, 0) is 0 Å². The van der Waals surface area contributed by atoms with Crippen molar-refractivity contribution in [2.24, 2.45) is 0 Å². The standard InChI is InChI=1S/C17H13NO2/c19-13-15-5-4-12-18(15)14-8-10-17(11-9-14)20-16-6-2-1-3-7-16/h1-13H. The van der Waals surface area contributed by atoms with E-state index in [0.717, 1.165) is 23.5 Å². The number of carbonyl (C=O) groups is 1. The maximum absolute atomic E-state index is 10.9. The van der Waals surface area contributed by atoms with Crippen LogP contribution >= 0.6 is 0 Å². The molecular weight excluding hydrogens is 250 g/mol. The summed E-state index contributed by atoms with van der Waals surface area (Å²) in [5, 5.41) is 0. The Morgan fingerprint density at radius 3 is 2.20 bits per heavy atom. The molecule has 0 fully saturated rings. The minimum absolute atomic E-state index is 0.627. The van der Waals surface area contributed by atoms with Gasteiger partial charge in [0, 0.05) is 11.9 Å². The highest BCUT2D eigenvalue weighted by Crippen LogP contribution is 2.22. The lowest BCUT2D eigenvalue weighted by molar-refractivity contribution is 0.111. The first kappa shape index (κ1) is 12.2. The van der Waals surface area contributed by atoms with Crippen LogP contribution in [0.2, 0.25) is 0 Å². The number of aromatic nitrogens is 1. The molecule has 0 N–H and O–H groups in total. The number of para-hydroxylation sites is 1. The summed E-state index contributed by atoms with van der Waals surface area (Å²) in [6, 6.07) is 20.9. The van der Waals surface area contributed by atoms with E-state index in [1.165, 1.54) is 0 Å². The molecule has 0 spiro atoms. The lowest BCUT2D eigenvalue weighted by Gasteiger charge is -2.08. The van der Waals surface area contributed by atoms with Crippen LogP contribution in [0.25, 0.3) is 5.69 Å². The van der Waals surface area contributed by atoms with Crippen molar-refractivity contribution >= 4 is 6.29 Å². The van der Waals surface area contributed by atoms with Gasteiger partial charge in [-0.15, -0.1) is 0 Å². The third-order valence-corrected chi connectivity index (χ3v) is 2.99. The number of hydrogen-bond acceptors (Lipinski definition) is 2. The van der Waals surface area contributed by atoms with Gasteiger partial charge in [0.15, 0.2) is 6.29 Å². The molecule has 0 unspecified atom stereocenters. The number of ether oxygens (including phenoxy) is 1. The Kier molecular flexibility index (Phi) is 3.33. The lowest BCUT2D eigenvalue weighted by Crippen LogP contribution is -1.97. The van der Waals surface area contributed by atoms with Gasteiger partial charge in [0.05, 0.1) is 5.69 Å². The molecule has 3 rings (SSSR count). The van der Waals surface area contributed by atoms with E-state index in [1.807, 2.05) is 71.4 Å². The zero-order valence-corrected chi connectivity index (χ0v) is 10.8. The molecule has 3 heteroatoms. The summed E-state index contributed by atoms with van der Waals surface area (Å²) in [7, 11) is 0. The third kappa shape index (κ3) is 2.47. The molecule has 98 valence electrons. The fourth-order valence-corrected chi connectivity index (χ4v) is 2.02. The number of nitrogens with zero attached hydrogens (tertiary/aromatic N) is 1. The molecule has 1 aromatic heterocycles. The van der Waals surface area contributed by atoms with E-state index >= 15 is 0 Å². The van der Waals surface area contributed by atoms with Crippen molar-refractivity contribution in [3.8, 4) is 17.2 Å². The van der Waals surface area contributed by atoms with Crippen LogP contribution < -0.4 is 4.74 Å². The van der Waals surface area contributed by atoms with Crippen molar-refractivity contribution in [3.05, 3.63) is 78.6 Å². The van der Waals surface area contributed by atoms with Crippen LogP contribution in [0.4, 0.5) is 0 Å². The molecule has 0 saturated heterocycles. The van der Waals surface area contributed by atoms with E-state index in [1.54, 1.807) is 6.07 Å². The quantitative estimate of drug-likeness (QED) is 0.664. The number of rotatable bonds is 4. The number of hydrogen-bond donors (Lipinski definition) is 0. The van der Waals surface area contributed by atoms with Gasteiger partial charge < -0.3 is 9.30 Å². The van der Waals surface area contributed by atoms with Crippen LogP contribution in [0, 0.1) is 0 Å². The Morgan fingerprint density at radius 1 is 0.800 bits per heavy atom. The second-order valence-electron chi connectivity index (χ2n) is 4.33. The minimum atomic E-state index is 0.627. The summed E-state index contributed by atoms with van der Waals surface area (Å²) in [6.45, 7) is 0. The second kappa shape index (κ2) is 5.45. The molecule has 3 nitrogen and oxygen atoms in total. The van der Waals surface area contributed by atoms with Crippen LogP contribution in [0.3, 0.4) is 0 Å². The predicted octanol–water partition coefficient (Wildman–Crippen LogP) is 4.08. The number of benzene rings is 2. The van der Waals surface area contributed by atoms with Crippen LogP contribution in [-0.4, -0.2) is 10.9 Å². The van der Waals surface area contributed by atoms with Gasteiger partial charge in [0.25, 0.3) is 0 Å². The average molecular weight is 263 g/mol. The first-order chi connectivity index (χ1) is 9.86. The first-order valence-electron chi connectivity index (χ1n) is 6.33. The van der Waals surface area contributed by atoms with Crippen molar-refractivity contribution in [3.63, 3.8) is 0 Å². The summed E-state index contributed by atoms with van der Waals surface area (Å²) >= 11 is 0. The van der Waals surface area contributed by atoms with Gasteiger partial charge in [-0.25, -0.2) is 0 Å². The lowest BCUT2D eigenvalue weighted by atomic mass is 10.3. The maximum Gasteiger partial charge on any atom is 0.166 e. The van der Waals surface area contributed by atoms with Crippen molar-refractivity contribution in [1.82, 2.24) is 4.57 Å². The van der Waals surface area contributed by atoms with E-state index in [9.17, 15) is 4.79 Å². The van der Waals surface area contributed by atoms with E-state index in [-0.39, 0.29) is 0 Å². The molecule has 0 bridgehead atoms. The van der Waals surface area contributed by atoms with Gasteiger partial charge in [0.1, 0.15) is 11.5 Å². The third-order valence-electron chi connectivity index (χ3n) is 2.99. The number of carbonyl (C=O) groups excluding carboxylic acids is 1. The van der Waals surface area contributed by atoms with Gasteiger partial charge in [-0.05, 0) is 48.5 Å². The van der Waals surface area contributed by atoms with Crippen molar-refractivity contribution in [2.45, 2.75) is 0 Å². The molecular formula is C17H13NO2. The Balaban J connectivity index is 1.83. The zero-order chi connectivity index (χ0) is 13.8. The Hall–Kier alpha value is -2.81. The molecule has 0 atom stereocenters. The molecule has 0 radical (unpaired) electrons. The minimum Gasteiger partial charge on any atom is -0.457 e. The Labute approximate surface area is 117 Å². The summed E-state index contributed by atoms with van der Waals surface area (Å²) in [4.78, 5) is 10.9. The zero-order valence-electron chi connectivity index (χ0n) is 10.8. The smallest absolute Gasteiger partial charge is 0.166 e. The summed E-state index contributed by atoms with van der Waals surface area (Å²) < 4.78 is 7.56. The molecule has 0 aliphatic carbocycles. The van der Waals surface area contributed by atoms with Crippen molar-refractivity contribution in [1.29, 1.82) is 0 Å². The van der Waals surface area contributed by atoms with E-state index < -0.39 is 0 Å². The highest BCUT2D eigenvalue weighted by Gasteiger charge is 2.02. The first-order valence-corrected chi connectivity index (χ1v) is 6.33. The van der Waals surface area contributed by atoms with Crippen LogP contribution in [0.5, 0.6) is 11.5 Å².